The smallest absolute Gasteiger partial charge is 0.266 e. The van der Waals surface area contributed by atoms with Crippen molar-refractivity contribution in [1.82, 2.24) is 9.29 Å². The minimum atomic E-state index is -3.58. The molecule has 2 rings (SSSR count). The predicted molar refractivity (Wildman–Crippen MR) is 69.2 cm³/mol. The molecule has 1 aromatic rings. The van der Waals surface area contributed by atoms with Crippen LogP contribution in [0.15, 0.2) is 22.0 Å². The molecule has 1 N–H and O–H groups in total. The molecular weight excluding hydrogens is 276 g/mol. The van der Waals surface area contributed by atoms with Gasteiger partial charge in [0.15, 0.2) is 0 Å². The average molecular weight is 291 g/mol. The summed E-state index contributed by atoms with van der Waals surface area (Å²) < 4.78 is 26.3. The Morgan fingerprint density at radius 1 is 1.44 bits per heavy atom. The third-order valence-electron chi connectivity index (χ3n) is 3.16. The van der Waals surface area contributed by atoms with Crippen LogP contribution in [0.3, 0.4) is 0 Å². The number of nitrogens with zero attached hydrogens (tertiary/aromatic N) is 1. The molecule has 1 aromatic heterocycles. The molecule has 0 radical (unpaired) electrons. The summed E-state index contributed by atoms with van der Waals surface area (Å²) in [5, 5.41) is -0.115. The lowest BCUT2D eigenvalue weighted by Crippen LogP contribution is -2.34. The summed E-state index contributed by atoms with van der Waals surface area (Å²) in [6.07, 6.45) is 2.04. The zero-order chi connectivity index (χ0) is 13.5. The van der Waals surface area contributed by atoms with Crippen molar-refractivity contribution in [2.24, 2.45) is 5.92 Å². The molecule has 0 aliphatic carbocycles. The second-order valence-electron chi connectivity index (χ2n) is 4.78. The molecule has 100 valence electrons. The van der Waals surface area contributed by atoms with Gasteiger partial charge in [-0.15, -0.1) is 0 Å². The second kappa shape index (κ2) is 4.68. The first-order valence-electron chi connectivity index (χ1n) is 5.72. The van der Waals surface area contributed by atoms with Gasteiger partial charge in [-0.05, 0) is 25.3 Å². The second-order valence-corrected chi connectivity index (χ2v) is 7.07. The summed E-state index contributed by atoms with van der Waals surface area (Å²) in [7, 11) is -3.58. The Balaban J connectivity index is 2.42. The minimum Gasteiger partial charge on any atom is -0.326 e. The molecule has 0 spiro atoms. The lowest BCUT2D eigenvalue weighted by molar-refractivity contribution is 0.405. The van der Waals surface area contributed by atoms with Gasteiger partial charge in [0, 0.05) is 18.8 Å². The normalized spacial score (nSPS) is 25.5. The largest absolute Gasteiger partial charge is 0.326 e. The van der Waals surface area contributed by atoms with Gasteiger partial charge < -0.3 is 4.98 Å². The first-order chi connectivity index (χ1) is 8.32. The van der Waals surface area contributed by atoms with Crippen LogP contribution in [0.25, 0.3) is 0 Å². The van der Waals surface area contributed by atoms with Crippen molar-refractivity contribution in [2.75, 3.05) is 6.54 Å². The van der Waals surface area contributed by atoms with Crippen molar-refractivity contribution >= 4 is 21.6 Å². The van der Waals surface area contributed by atoms with Gasteiger partial charge in [0.05, 0.1) is 4.90 Å². The molecule has 2 heterocycles. The molecule has 0 amide bonds. The molecule has 1 saturated heterocycles. The fraction of sp³-hybridized carbons (Fsp3) is 0.545. The number of sulfonamides is 1. The number of pyridine rings is 1. The Morgan fingerprint density at radius 2 is 2.11 bits per heavy atom. The predicted octanol–water partition coefficient (Wildman–Crippen LogP) is 1.45. The van der Waals surface area contributed by atoms with Crippen molar-refractivity contribution in [1.29, 1.82) is 0 Å². The van der Waals surface area contributed by atoms with E-state index in [4.69, 9.17) is 11.6 Å². The fourth-order valence-electron chi connectivity index (χ4n) is 2.32. The number of H-pyrrole nitrogens is 1. The van der Waals surface area contributed by atoms with Gasteiger partial charge in [-0.2, -0.15) is 4.31 Å². The Morgan fingerprint density at radius 3 is 2.61 bits per heavy atom. The SMILES string of the molecule is CC1CC(C)N(S(=O)(=O)c2c[nH]c(=O)c(Cl)c2)C1. The molecule has 0 saturated carbocycles. The first-order valence-corrected chi connectivity index (χ1v) is 7.54. The highest BCUT2D eigenvalue weighted by Gasteiger charge is 2.36. The summed E-state index contributed by atoms with van der Waals surface area (Å²) in [6.45, 7) is 4.40. The van der Waals surface area contributed by atoms with Crippen molar-refractivity contribution in [3.63, 3.8) is 0 Å². The highest BCUT2D eigenvalue weighted by Crippen LogP contribution is 2.28. The van der Waals surface area contributed by atoms with Crippen LogP contribution in [0, 0.1) is 5.92 Å². The van der Waals surface area contributed by atoms with Crippen LogP contribution in [-0.4, -0.2) is 30.3 Å². The van der Waals surface area contributed by atoms with Crippen LogP contribution in [0.1, 0.15) is 20.3 Å². The number of halogens is 1. The van der Waals surface area contributed by atoms with E-state index in [0.29, 0.717) is 12.5 Å². The van der Waals surface area contributed by atoms with Crippen molar-refractivity contribution in [2.45, 2.75) is 31.2 Å². The lowest BCUT2D eigenvalue weighted by Gasteiger charge is -2.20. The Labute approximate surface area is 111 Å². The number of rotatable bonds is 2. The molecule has 1 fully saturated rings. The first kappa shape index (κ1) is 13.6. The van der Waals surface area contributed by atoms with E-state index in [-0.39, 0.29) is 16.0 Å². The molecule has 1 aliphatic heterocycles. The number of nitrogens with one attached hydrogen (secondary N) is 1. The maximum absolute atomic E-state index is 12.4. The third-order valence-corrected chi connectivity index (χ3v) is 5.40. The molecule has 5 nitrogen and oxygen atoms in total. The van der Waals surface area contributed by atoms with E-state index in [9.17, 15) is 13.2 Å². The van der Waals surface area contributed by atoms with Gasteiger partial charge in [-0.3, -0.25) is 4.79 Å². The van der Waals surface area contributed by atoms with Crippen LogP contribution in [0.2, 0.25) is 5.02 Å². The van der Waals surface area contributed by atoms with E-state index in [1.165, 1.54) is 16.6 Å². The molecular formula is C11H15ClN2O3S. The van der Waals surface area contributed by atoms with E-state index in [0.717, 1.165) is 6.42 Å². The van der Waals surface area contributed by atoms with Gasteiger partial charge in [-0.1, -0.05) is 18.5 Å². The van der Waals surface area contributed by atoms with Crippen LogP contribution >= 0.6 is 11.6 Å². The molecule has 2 unspecified atom stereocenters. The molecule has 7 heteroatoms. The number of aromatic nitrogens is 1. The highest BCUT2D eigenvalue weighted by molar-refractivity contribution is 7.89. The summed E-state index contributed by atoms with van der Waals surface area (Å²) in [6, 6.07) is 1.17. The Bertz CT molecular complexity index is 611. The van der Waals surface area contributed by atoms with Crippen LogP contribution in [-0.2, 0) is 10.0 Å². The molecule has 0 aromatic carbocycles. The summed E-state index contributed by atoms with van der Waals surface area (Å²) in [5.41, 5.74) is -0.488. The standard InChI is InChI=1S/C11H15ClN2O3S/c1-7-3-8(2)14(6-7)18(16,17)9-4-10(12)11(15)13-5-9/h4-5,7-8H,3,6H2,1-2H3,(H,13,15). The van der Waals surface area contributed by atoms with E-state index in [1.807, 2.05) is 13.8 Å². The highest BCUT2D eigenvalue weighted by atomic mass is 35.5. The monoisotopic (exact) mass is 290 g/mol. The van der Waals surface area contributed by atoms with Crippen molar-refractivity contribution in [3.8, 4) is 0 Å². The number of hydrogen-bond acceptors (Lipinski definition) is 3. The van der Waals surface area contributed by atoms with E-state index < -0.39 is 15.6 Å². The van der Waals surface area contributed by atoms with Crippen LogP contribution in [0.4, 0.5) is 0 Å². The fourth-order valence-corrected chi connectivity index (χ4v) is 4.31. The van der Waals surface area contributed by atoms with Gasteiger partial charge in [0.25, 0.3) is 5.56 Å². The van der Waals surface area contributed by atoms with Gasteiger partial charge in [0.2, 0.25) is 10.0 Å². The summed E-state index contributed by atoms with van der Waals surface area (Å²) >= 11 is 5.66. The molecule has 18 heavy (non-hydrogen) atoms. The quantitative estimate of drug-likeness (QED) is 0.896. The summed E-state index contributed by atoms with van der Waals surface area (Å²) in [4.78, 5) is 13.5. The van der Waals surface area contributed by atoms with Crippen molar-refractivity contribution < 1.29 is 8.42 Å². The molecule has 2 atom stereocenters. The minimum absolute atomic E-state index is 0.0318. The van der Waals surface area contributed by atoms with E-state index in [2.05, 4.69) is 4.98 Å². The van der Waals surface area contributed by atoms with Crippen LogP contribution < -0.4 is 5.56 Å². The van der Waals surface area contributed by atoms with Crippen molar-refractivity contribution in [3.05, 3.63) is 27.6 Å². The molecule has 0 bridgehead atoms. The maximum Gasteiger partial charge on any atom is 0.266 e. The number of aromatic amines is 1. The Kier molecular flexibility index (Phi) is 3.53. The molecule has 1 aliphatic rings. The van der Waals surface area contributed by atoms with Crippen LogP contribution in [0.5, 0.6) is 0 Å². The topological polar surface area (TPSA) is 70.2 Å². The average Bonchev–Trinajstić information content (AvgIpc) is 2.62. The third kappa shape index (κ3) is 2.32. The number of hydrogen-bond donors (Lipinski definition) is 1. The van der Waals surface area contributed by atoms with E-state index >= 15 is 0 Å². The maximum atomic E-state index is 12.4. The van der Waals surface area contributed by atoms with Gasteiger partial charge in [0.1, 0.15) is 5.02 Å². The zero-order valence-electron chi connectivity index (χ0n) is 10.2. The summed E-state index contributed by atoms with van der Waals surface area (Å²) in [5.74, 6) is 0.341. The van der Waals surface area contributed by atoms with E-state index in [1.54, 1.807) is 0 Å². The Hall–Kier alpha value is -0.850. The van der Waals surface area contributed by atoms with Gasteiger partial charge in [-0.25, -0.2) is 8.42 Å². The lowest BCUT2D eigenvalue weighted by atomic mass is 10.1. The zero-order valence-corrected chi connectivity index (χ0v) is 11.8. The van der Waals surface area contributed by atoms with Gasteiger partial charge >= 0.3 is 0 Å².